The van der Waals surface area contributed by atoms with Gasteiger partial charge in [0.25, 0.3) is 0 Å². The number of hydrogen-bond acceptors (Lipinski definition) is 5. The molecule has 0 aliphatic carbocycles. The molecule has 0 aromatic carbocycles. The summed E-state index contributed by atoms with van der Waals surface area (Å²) < 4.78 is 4.91. The maximum Gasteiger partial charge on any atom is 0.241 e. The standard InChI is InChI=1S/C14H22N4O2/c1-20-9-6-12(15)14(19)17-11-4-5-13(16-10-11)18-7-2-3-8-18/h4-5,10,12H,2-3,6-9,15H2,1H3,(H,17,19). The van der Waals surface area contributed by atoms with Crippen LogP contribution >= 0.6 is 0 Å². The van der Waals surface area contributed by atoms with Gasteiger partial charge in [0.1, 0.15) is 5.82 Å². The van der Waals surface area contributed by atoms with Crippen molar-refractivity contribution in [3.8, 4) is 0 Å². The normalized spacial score (nSPS) is 16.2. The lowest BCUT2D eigenvalue weighted by Crippen LogP contribution is -2.36. The Morgan fingerprint density at radius 2 is 2.25 bits per heavy atom. The topological polar surface area (TPSA) is 80.5 Å². The molecule has 1 unspecified atom stereocenters. The third-order valence-corrected chi connectivity index (χ3v) is 3.42. The lowest BCUT2D eigenvalue weighted by Gasteiger charge is -2.17. The summed E-state index contributed by atoms with van der Waals surface area (Å²) in [5, 5.41) is 2.77. The Hall–Kier alpha value is -1.66. The Morgan fingerprint density at radius 1 is 1.50 bits per heavy atom. The van der Waals surface area contributed by atoms with Gasteiger partial charge in [0.15, 0.2) is 0 Å². The summed E-state index contributed by atoms with van der Waals surface area (Å²) in [5.74, 6) is 0.752. The third kappa shape index (κ3) is 3.91. The number of nitrogens with zero attached hydrogens (tertiary/aromatic N) is 2. The highest BCUT2D eigenvalue weighted by molar-refractivity contribution is 5.94. The van der Waals surface area contributed by atoms with E-state index in [1.165, 1.54) is 12.8 Å². The average molecular weight is 278 g/mol. The fourth-order valence-corrected chi connectivity index (χ4v) is 2.20. The van der Waals surface area contributed by atoms with Crippen molar-refractivity contribution in [2.75, 3.05) is 37.0 Å². The molecule has 2 rings (SSSR count). The maximum atomic E-state index is 11.8. The number of nitrogens with one attached hydrogen (secondary N) is 1. The van der Waals surface area contributed by atoms with Gasteiger partial charge < -0.3 is 20.7 Å². The van der Waals surface area contributed by atoms with Crippen LogP contribution in [0.5, 0.6) is 0 Å². The summed E-state index contributed by atoms with van der Waals surface area (Å²) in [6.45, 7) is 2.59. The second kappa shape index (κ2) is 7.21. The van der Waals surface area contributed by atoms with Crippen LogP contribution in [0, 0.1) is 0 Å². The van der Waals surface area contributed by atoms with E-state index < -0.39 is 6.04 Å². The van der Waals surface area contributed by atoms with Crippen LogP contribution in [0.4, 0.5) is 11.5 Å². The zero-order valence-electron chi connectivity index (χ0n) is 11.8. The molecular weight excluding hydrogens is 256 g/mol. The van der Waals surface area contributed by atoms with Crippen molar-refractivity contribution in [3.05, 3.63) is 18.3 Å². The summed E-state index contributed by atoms with van der Waals surface area (Å²) in [7, 11) is 1.59. The number of ether oxygens (including phenoxy) is 1. The van der Waals surface area contributed by atoms with Crippen molar-refractivity contribution in [2.24, 2.45) is 5.73 Å². The van der Waals surface area contributed by atoms with Gasteiger partial charge in [-0.05, 0) is 31.4 Å². The van der Waals surface area contributed by atoms with Gasteiger partial charge in [-0.1, -0.05) is 0 Å². The number of carbonyl (C=O) groups excluding carboxylic acids is 1. The predicted molar refractivity (Wildman–Crippen MR) is 78.8 cm³/mol. The summed E-state index contributed by atoms with van der Waals surface area (Å²) in [6, 6.07) is 3.23. The molecule has 1 aromatic rings. The number of hydrogen-bond donors (Lipinski definition) is 2. The molecule has 110 valence electrons. The fraction of sp³-hybridized carbons (Fsp3) is 0.571. The first-order chi connectivity index (χ1) is 9.70. The molecule has 1 aliphatic rings. The smallest absolute Gasteiger partial charge is 0.241 e. The van der Waals surface area contributed by atoms with Crippen LogP contribution in [0.2, 0.25) is 0 Å². The molecule has 3 N–H and O–H groups in total. The van der Waals surface area contributed by atoms with E-state index in [9.17, 15) is 4.79 Å². The number of carbonyl (C=O) groups is 1. The van der Waals surface area contributed by atoms with Crippen molar-refractivity contribution >= 4 is 17.4 Å². The first-order valence-electron chi connectivity index (χ1n) is 6.97. The average Bonchev–Trinajstić information content (AvgIpc) is 2.99. The van der Waals surface area contributed by atoms with Crippen LogP contribution in [-0.2, 0) is 9.53 Å². The van der Waals surface area contributed by atoms with Gasteiger partial charge >= 0.3 is 0 Å². The second-order valence-corrected chi connectivity index (χ2v) is 4.98. The van der Waals surface area contributed by atoms with Gasteiger partial charge in [0, 0.05) is 26.8 Å². The van der Waals surface area contributed by atoms with Crippen LogP contribution in [0.25, 0.3) is 0 Å². The number of anilines is 2. The van der Waals surface area contributed by atoms with Crippen molar-refractivity contribution in [3.63, 3.8) is 0 Å². The Bertz CT molecular complexity index is 429. The van der Waals surface area contributed by atoms with E-state index in [2.05, 4.69) is 15.2 Å². The maximum absolute atomic E-state index is 11.8. The highest BCUT2D eigenvalue weighted by atomic mass is 16.5. The van der Waals surface area contributed by atoms with E-state index in [4.69, 9.17) is 10.5 Å². The molecule has 1 atom stereocenters. The quantitative estimate of drug-likeness (QED) is 0.811. The Balaban J connectivity index is 1.88. The molecule has 0 radical (unpaired) electrons. The number of methoxy groups -OCH3 is 1. The Labute approximate surface area is 119 Å². The highest BCUT2D eigenvalue weighted by Gasteiger charge is 2.15. The van der Waals surface area contributed by atoms with Gasteiger partial charge in [0.05, 0.1) is 17.9 Å². The van der Waals surface area contributed by atoms with Gasteiger partial charge in [-0.15, -0.1) is 0 Å². The molecule has 1 aromatic heterocycles. The molecule has 1 fully saturated rings. The van der Waals surface area contributed by atoms with Gasteiger partial charge in [-0.2, -0.15) is 0 Å². The van der Waals surface area contributed by atoms with E-state index in [0.29, 0.717) is 18.7 Å². The molecular formula is C14H22N4O2. The van der Waals surface area contributed by atoms with Gasteiger partial charge in [0.2, 0.25) is 5.91 Å². The predicted octanol–water partition coefficient (Wildman–Crippen LogP) is 0.984. The van der Waals surface area contributed by atoms with Crippen LogP contribution in [0.3, 0.4) is 0 Å². The summed E-state index contributed by atoms with van der Waals surface area (Å²) >= 11 is 0. The van der Waals surface area contributed by atoms with Crippen molar-refractivity contribution in [2.45, 2.75) is 25.3 Å². The SMILES string of the molecule is COCCC(N)C(=O)Nc1ccc(N2CCCC2)nc1. The van der Waals surface area contributed by atoms with Gasteiger partial charge in [-0.25, -0.2) is 4.98 Å². The Morgan fingerprint density at radius 3 is 2.85 bits per heavy atom. The van der Waals surface area contributed by atoms with E-state index >= 15 is 0 Å². The zero-order valence-corrected chi connectivity index (χ0v) is 11.8. The number of rotatable bonds is 6. The minimum absolute atomic E-state index is 0.210. The number of nitrogens with two attached hydrogens (primary N) is 1. The Kier molecular flexibility index (Phi) is 5.31. The van der Waals surface area contributed by atoms with Crippen molar-refractivity contribution in [1.29, 1.82) is 0 Å². The number of aromatic nitrogens is 1. The van der Waals surface area contributed by atoms with E-state index in [1.807, 2.05) is 12.1 Å². The largest absolute Gasteiger partial charge is 0.385 e. The first kappa shape index (κ1) is 14.7. The molecule has 0 spiro atoms. The molecule has 0 saturated carbocycles. The molecule has 1 saturated heterocycles. The molecule has 0 bridgehead atoms. The number of pyridine rings is 1. The van der Waals surface area contributed by atoms with E-state index in [-0.39, 0.29) is 5.91 Å². The van der Waals surface area contributed by atoms with Gasteiger partial charge in [-0.3, -0.25) is 4.79 Å². The molecule has 6 heteroatoms. The van der Waals surface area contributed by atoms with E-state index in [1.54, 1.807) is 13.3 Å². The monoisotopic (exact) mass is 278 g/mol. The molecule has 20 heavy (non-hydrogen) atoms. The summed E-state index contributed by atoms with van der Waals surface area (Å²) in [4.78, 5) is 18.5. The van der Waals surface area contributed by atoms with Crippen LogP contribution in [-0.4, -0.2) is 43.7 Å². The zero-order chi connectivity index (χ0) is 14.4. The number of amides is 1. The van der Waals surface area contributed by atoms with E-state index in [0.717, 1.165) is 18.9 Å². The van der Waals surface area contributed by atoms with Crippen molar-refractivity contribution < 1.29 is 9.53 Å². The van der Waals surface area contributed by atoms with Crippen LogP contribution in [0.15, 0.2) is 18.3 Å². The highest BCUT2D eigenvalue weighted by Crippen LogP contribution is 2.19. The summed E-state index contributed by atoms with van der Waals surface area (Å²) in [6.07, 6.45) is 4.61. The van der Waals surface area contributed by atoms with Crippen molar-refractivity contribution in [1.82, 2.24) is 4.98 Å². The first-order valence-corrected chi connectivity index (χ1v) is 6.97. The minimum Gasteiger partial charge on any atom is -0.385 e. The molecule has 1 aliphatic heterocycles. The molecule has 2 heterocycles. The lowest BCUT2D eigenvalue weighted by molar-refractivity contribution is -0.117. The molecule has 1 amide bonds. The fourth-order valence-electron chi connectivity index (χ4n) is 2.20. The molecule has 6 nitrogen and oxygen atoms in total. The van der Waals surface area contributed by atoms with Crippen LogP contribution < -0.4 is 16.0 Å². The van der Waals surface area contributed by atoms with Crippen LogP contribution in [0.1, 0.15) is 19.3 Å². The second-order valence-electron chi connectivity index (χ2n) is 4.98. The summed E-state index contributed by atoms with van der Waals surface area (Å²) in [5.41, 5.74) is 6.43. The third-order valence-electron chi connectivity index (χ3n) is 3.42. The minimum atomic E-state index is -0.562. The lowest BCUT2D eigenvalue weighted by atomic mass is 10.2.